The monoisotopic (exact) mass is 200 g/mol. The lowest BCUT2D eigenvalue weighted by Crippen LogP contribution is -2.57. The average Bonchev–Trinajstić information content (AvgIpc) is 2.07. The van der Waals surface area contributed by atoms with Crippen LogP contribution in [0.3, 0.4) is 0 Å². The minimum Gasteiger partial charge on any atom is -0.481 e. The van der Waals surface area contributed by atoms with Gasteiger partial charge in [-0.25, -0.2) is 0 Å². The van der Waals surface area contributed by atoms with Gasteiger partial charge in [0.1, 0.15) is 0 Å². The smallest absolute Gasteiger partial charge is 0.304 e. The zero-order valence-corrected chi connectivity index (χ0v) is 8.49. The Balaban J connectivity index is 2.53. The molecule has 0 bridgehead atoms. The number of aliphatic carboxylic acids is 1. The van der Waals surface area contributed by atoms with Crippen LogP contribution in [0.15, 0.2) is 0 Å². The lowest BCUT2D eigenvalue weighted by atomic mass is 10.1. The number of nitrogens with one attached hydrogen (secondary N) is 1. The summed E-state index contributed by atoms with van der Waals surface area (Å²) in [7, 11) is 0. The third-order valence-corrected chi connectivity index (χ3v) is 2.48. The van der Waals surface area contributed by atoms with E-state index in [9.17, 15) is 9.59 Å². The molecule has 1 rings (SSSR count). The molecule has 0 aliphatic carbocycles. The number of piperazine rings is 1. The average molecular weight is 200 g/mol. The van der Waals surface area contributed by atoms with E-state index in [0.717, 1.165) is 0 Å². The van der Waals surface area contributed by atoms with Crippen molar-refractivity contribution in [1.82, 2.24) is 10.2 Å². The Bertz CT molecular complexity index is 242. The van der Waals surface area contributed by atoms with E-state index in [4.69, 9.17) is 5.11 Å². The molecule has 2 atom stereocenters. The summed E-state index contributed by atoms with van der Waals surface area (Å²) in [5.41, 5.74) is 0. The molecule has 1 aliphatic rings. The van der Waals surface area contributed by atoms with Crippen LogP contribution in [-0.4, -0.2) is 47.1 Å². The molecule has 5 heteroatoms. The molecule has 5 nitrogen and oxygen atoms in total. The van der Waals surface area contributed by atoms with E-state index in [0.29, 0.717) is 13.1 Å². The number of carbonyl (C=O) groups is 2. The van der Waals surface area contributed by atoms with Crippen molar-refractivity contribution in [1.29, 1.82) is 0 Å². The second-order valence-electron chi connectivity index (χ2n) is 3.72. The highest BCUT2D eigenvalue weighted by molar-refractivity contribution is 5.74. The van der Waals surface area contributed by atoms with Crippen LogP contribution in [0.5, 0.6) is 0 Å². The molecule has 0 aromatic heterocycles. The highest BCUT2D eigenvalue weighted by Crippen LogP contribution is 2.09. The first-order valence-corrected chi connectivity index (χ1v) is 4.73. The first kappa shape index (κ1) is 11.0. The molecule has 80 valence electrons. The fraction of sp³-hybridized carbons (Fsp3) is 0.778. The molecular formula is C9H16N2O3. The van der Waals surface area contributed by atoms with Gasteiger partial charge in [0.2, 0.25) is 5.91 Å². The van der Waals surface area contributed by atoms with Crippen molar-refractivity contribution in [2.75, 3.05) is 13.1 Å². The Morgan fingerprint density at radius 3 is 2.71 bits per heavy atom. The van der Waals surface area contributed by atoms with E-state index in [2.05, 4.69) is 5.32 Å². The van der Waals surface area contributed by atoms with Gasteiger partial charge in [0, 0.05) is 32.1 Å². The summed E-state index contributed by atoms with van der Waals surface area (Å²) in [6.07, 6.45) is 0.0660. The van der Waals surface area contributed by atoms with Gasteiger partial charge in [0.25, 0.3) is 0 Å². The Hall–Kier alpha value is -1.10. The van der Waals surface area contributed by atoms with Crippen molar-refractivity contribution in [2.45, 2.75) is 32.4 Å². The molecule has 0 spiro atoms. The predicted octanol–water partition coefficient (Wildman–Crippen LogP) is -0.330. The Morgan fingerprint density at radius 1 is 1.57 bits per heavy atom. The maximum absolute atomic E-state index is 11.2. The van der Waals surface area contributed by atoms with Crippen LogP contribution in [0, 0.1) is 0 Å². The molecule has 0 aromatic carbocycles. The van der Waals surface area contributed by atoms with Crippen LogP contribution < -0.4 is 5.32 Å². The van der Waals surface area contributed by atoms with E-state index in [1.54, 1.807) is 4.90 Å². The van der Waals surface area contributed by atoms with Gasteiger partial charge in [-0.2, -0.15) is 0 Å². The summed E-state index contributed by atoms with van der Waals surface area (Å²) >= 11 is 0. The summed E-state index contributed by atoms with van der Waals surface area (Å²) < 4.78 is 0. The second kappa shape index (κ2) is 4.41. The number of hydrogen-bond donors (Lipinski definition) is 2. The summed E-state index contributed by atoms with van der Waals surface area (Å²) in [6.45, 7) is 4.62. The number of rotatable bonds is 2. The second-order valence-corrected chi connectivity index (χ2v) is 3.72. The highest BCUT2D eigenvalue weighted by atomic mass is 16.4. The summed E-state index contributed by atoms with van der Waals surface area (Å²) in [5, 5.41) is 11.7. The number of carbonyl (C=O) groups excluding carboxylic acids is 1. The normalized spacial score (nSPS) is 27.4. The fourth-order valence-corrected chi connectivity index (χ4v) is 1.72. The quantitative estimate of drug-likeness (QED) is 0.640. The molecule has 2 N–H and O–H groups in total. The molecule has 1 amide bonds. The molecule has 0 saturated carbocycles. The third kappa shape index (κ3) is 2.70. The Morgan fingerprint density at radius 2 is 2.21 bits per heavy atom. The van der Waals surface area contributed by atoms with E-state index in [-0.39, 0.29) is 24.4 Å². The van der Waals surface area contributed by atoms with Crippen LogP contribution in [0.4, 0.5) is 0 Å². The zero-order valence-electron chi connectivity index (χ0n) is 8.49. The minimum atomic E-state index is -0.833. The maximum atomic E-state index is 11.2. The minimum absolute atomic E-state index is 0.00869. The van der Waals surface area contributed by atoms with Gasteiger partial charge in [-0.15, -0.1) is 0 Å². The largest absolute Gasteiger partial charge is 0.481 e. The van der Waals surface area contributed by atoms with Gasteiger partial charge in [-0.05, 0) is 6.92 Å². The van der Waals surface area contributed by atoms with E-state index in [1.165, 1.54) is 6.92 Å². The lowest BCUT2D eigenvalue weighted by Gasteiger charge is -2.37. The van der Waals surface area contributed by atoms with Gasteiger partial charge in [-0.1, -0.05) is 0 Å². The van der Waals surface area contributed by atoms with Gasteiger partial charge in [-0.3, -0.25) is 9.59 Å². The Labute approximate surface area is 83.1 Å². The fourth-order valence-electron chi connectivity index (χ4n) is 1.72. The van der Waals surface area contributed by atoms with Crippen molar-refractivity contribution >= 4 is 11.9 Å². The van der Waals surface area contributed by atoms with Crippen molar-refractivity contribution in [2.24, 2.45) is 0 Å². The molecule has 1 heterocycles. The topological polar surface area (TPSA) is 69.6 Å². The van der Waals surface area contributed by atoms with Crippen molar-refractivity contribution in [3.05, 3.63) is 0 Å². The summed E-state index contributed by atoms with van der Waals surface area (Å²) in [4.78, 5) is 23.4. The summed E-state index contributed by atoms with van der Waals surface area (Å²) in [6, 6.07) is 0.0325. The number of nitrogens with zero attached hydrogens (tertiary/aromatic N) is 1. The number of hydrogen-bond acceptors (Lipinski definition) is 3. The van der Waals surface area contributed by atoms with Gasteiger partial charge >= 0.3 is 5.97 Å². The number of carboxylic acid groups (broad SMARTS) is 1. The van der Waals surface area contributed by atoms with Crippen LogP contribution >= 0.6 is 0 Å². The molecule has 0 radical (unpaired) electrons. The first-order valence-electron chi connectivity index (χ1n) is 4.73. The SMILES string of the molecule is CC(=O)N1C[C@@H](CC(=O)O)NC[C@@H]1C. The van der Waals surface area contributed by atoms with Crippen molar-refractivity contribution in [3.8, 4) is 0 Å². The van der Waals surface area contributed by atoms with Gasteiger partial charge in [0.15, 0.2) is 0 Å². The lowest BCUT2D eigenvalue weighted by molar-refractivity contribution is -0.140. The molecule has 1 aliphatic heterocycles. The van der Waals surface area contributed by atoms with Gasteiger partial charge in [0.05, 0.1) is 6.42 Å². The highest BCUT2D eigenvalue weighted by Gasteiger charge is 2.27. The maximum Gasteiger partial charge on any atom is 0.304 e. The molecule has 1 saturated heterocycles. The molecule has 14 heavy (non-hydrogen) atoms. The number of carboxylic acids is 1. The standard InChI is InChI=1S/C9H16N2O3/c1-6-4-10-8(3-9(13)14)5-11(6)7(2)12/h6,8,10H,3-5H2,1-2H3,(H,13,14)/t6-,8+/m0/s1. The van der Waals surface area contributed by atoms with E-state index in [1.807, 2.05) is 6.92 Å². The molecule has 0 unspecified atom stereocenters. The number of amides is 1. The zero-order chi connectivity index (χ0) is 10.7. The van der Waals surface area contributed by atoms with Crippen LogP contribution in [0.25, 0.3) is 0 Å². The molecular weight excluding hydrogens is 184 g/mol. The Kier molecular flexibility index (Phi) is 3.46. The van der Waals surface area contributed by atoms with E-state index < -0.39 is 5.97 Å². The molecule has 0 aromatic rings. The van der Waals surface area contributed by atoms with Crippen LogP contribution in [0.2, 0.25) is 0 Å². The third-order valence-electron chi connectivity index (χ3n) is 2.48. The van der Waals surface area contributed by atoms with E-state index >= 15 is 0 Å². The molecule has 1 fully saturated rings. The van der Waals surface area contributed by atoms with Crippen molar-refractivity contribution < 1.29 is 14.7 Å². The van der Waals surface area contributed by atoms with Crippen LogP contribution in [-0.2, 0) is 9.59 Å². The van der Waals surface area contributed by atoms with Crippen LogP contribution in [0.1, 0.15) is 20.3 Å². The first-order chi connectivity index (χ1) is 6.50. The van der Waals surface area contributed by atoms with Gasteiger partial charge < -0.3 is 15.3 Å². The summed E-state index contributed by atoms with van der Waals surface area (Å²) in [5.74, 6) is -0.824. The predicted molar refractivity (Wildman–Crippen MR) is 50.9 cm³/mol. The van der Waals surface area contributed by atoms with Crippen molar-refractivity contribution in [3.63, 3.8) is 0 Å².